The fraction of sp³-hybridized carbons (Fsp3) is 0.353. The summed E-state index contributed by atoms with van der Waals surface area (Å²) in [5.74, 6) is -0.125. The molecule has 1 aromatic heterocycles. The van der Waals surface area contributed by atoms with E-state index in [0.29, 0.717) is 6.54 Å². The Morgan fingerprint density at radius 2 is 1.84 bits per heavy atom. The highest BCUT2D eigenvalue weighted by Gasteiger charge is 2.32. The van der Waals surface area contributed by atoms with Gasteiger partial charge in [-0.1, -0.05) is 12.1 Å². The summed E-state index contributed by atoms with van der Waals surface area (Å²) in [6, 6.07) is 10.3. The van der Waals surface area contributed by atoms with Crippen molar-refractivity contribution in [1.29, 1.82) is 0 Å². The molecular formula is C17H17F3N2O3. The van der Waals surface area contributed by atoms with Crippen molar-refractivity contribution < 1.29 is 22.6 Å². The molecule has 5 nitrogen and oxygen atoms in total. The molecule has 0 radical (unpaired) electrons. The Morgan fingerprint density at radius 3 is 2.60 bits per heavy atom. The van der Waals surface area contributed by atoms with Gasteiger partial charge < -0.3 is 19.8 Å². The third-order valence-corrected chi connectivity index (χ3v) is 3.94. The van der Waals surface area contributed by atoms with E-state index in [1.807, 2.05) is 6.07 Å². The summed E-state index contributed by atoms with van der Waals surface area (Å²) in [6.45, 7) is 1.28. The number of pyridine rings is 1. The summed E-state index contributed by atoms with van der Waals surface area (Å²) in [6.07, 6.45) is -4.34. The molecule has 0 amide bonds. The van der Waals surface area contributed by atoms with Gasteiger partial charge in [0.25, 0.3) is 0 Å². The van der Waals surface area contributed by atoms with Crippen molar-refractivity contribution >= 4 is 0 Å². The minimum atomic E-state index is -4.75. The molecule has 2 N–H and O–H groups in total. The number of nitrogens with one attached hydrogen (secondary N) is 2. The second-order valence-electron chi connectivity index (χ2n) is 5.75. The highest BCUT2D eigenvalue weighted by atomic mass is 19.4. The van der Waals surface area contributed by atoms with Crippen molar-refractivity contribution in [3.63, 3.8) is 0 Å². The molecule has 2 heterocycles. The van der Waals surface area contributed by atoms with E-state index in [1.54, 1.807) is 12.1 Å². The third kappa shape index (κ3) is 4.76. The number of H-pyrrole nitrogens is 1. The van der Waals surface area contributed by atoms with Crippen molar-refractivity contribution in [2.45, 2.75) is 24.8 Å². The summed E-state index contributed by atoms with van der Waals surface area (Å²) in [5, 5.41) is 3.19. The SMILES string of the molecule is O=c1cccc(C2CCNCC2Oc2cccc(OC(F)(F)F)c2)[nH]1. The first-order valence-electron chi connectivity index (χ1n) is 7.83. The average molecular weight is 354 g/mol. The van der Waals surface area contributed by atoms with Crippen molar-refractivity contribution in [2.24, 2.45) is 0 Å². The number of alkyl halides is 3. The van der Waals surface area contributed by atoms with Crippen LogP contribution in [0.3, 0.4) is 0 Å². The van der Waals surface area contributed by atoms with Crippen LogP contribution in [0.25, 0.3) is 0 Å². The lowest BCUT2D eigenvalue weighted by Crippen LogP contribution is -2.43. The van der Waals surface area contributed by atoms with Gasteiger partial charge >= 0.3 is 6.36 Å². The van der Waals surface area contributed by atoms with Gasteiger partial charge in [-0.05, 0) is 31.2 Å². The van der Waals surface area contributed by atoms with Crippen LogP contribution < -0.4 is 20.3 Å². The Morgan fingerprint density at radius 1 is 1.08 bits per heavy atom. The predicted molar refractivity (Wildman–Crippen MR) is 84.8 cm³/mol. The number of benzene rings is 1. The van der Waals surface area contributed by atoms with Gasteiger partial charge in [0.2, 0.25) is 5.56 Å². The van der Waals surface area contributed by atoms with Crippen LogP contribution in [-0.4, -0.2) is 30.5 Å². The van der Waals surface area contributed by atoms with Crippen molar-refractivity contribution in [1.82, 2.24) is 10.3 Å². The van der Waals surface area contributed by atoms with Crippen LogP contribution in [-0.2, 0) is 0 Å². The maximum absolute atomic E-state index is 12.3. The van der Waals surface area contributed by atoms with Gasteiger partial charge in [0.1, 0.15) is 17.6 Å². The summed E-state index contributed by atoms with van der Waals surface area (Å²) in [7, 11) is 0. The molecule has 1 aromatic carbocycles. The predicted octanol–water partition coefficient (Wildman–Crippen LogP) is 2.80. The van der Waals surface area contributed by atoms with Crippen LogP contribution in [0.2, 0.25) is 0 Å². The third-order valence-electron chi connectivity index (χ3n) is 3.94. The van der Waals surface area contributed by atoms with Gasteiger partial charge in [-0.3, -0.25) is 4.79 Å². The number of halogens is 3. The molecule has 1 saturated heterocycles. The van der Waals surface area contributed by atoms with Crippen LogP contribution in [0.4, 0.5) is 13.2 Å². The van der Waals surface area contributed by atoms with Crippen molar-refractivity contribution in [2.75, 3.05) is 13.1 Å². The minimum absolute atomic E-state index is 0.0673. The normalized spacial score (nSPS) is 20.9. The average Bonchev–Trinajstić information content (AvgIpc) is 2.54. The second-order valence-corrected chi connectivity index (χ2v) is 5.75. The lowest BCUT2D eigenvalue weighted by molar-refractivity contribution is -0.274. The maximum atomic E-state index is 12.3. The van der Waals surface area contributed by atoms with Gasteiger partial charge in [-0.25, -0.2) is 0 Å². The Balaban J connectivity index is 1.78. The highest BCUT2D eigenvalue weighted by Crippen LogP contribution is 2.30. The molecule has 1 aliphatic rings. The zero-order valence-corrected chi connectivity index (χ0v) is 13.2. The standard InChI is InChI=1S/C17H17F3N2O3/c18-17(19,20)25-12-4-1-3-11(9-12)24-15-10-21-8-7-13(15)14-5-2-6-16(23)22-14/h1-6,9,13,15,21H,7-8,10H2,(H,22,23). The first-order valence-corrected chi connectivity index (χ1v) is 7.83. The van der Waals surface area contributed by atoms with Gasteiger partial charge in [0.15, 0.2) is 0 Å². The van der Waals surface area contributed by atoms with E-state index in [4.69, 9.17) is 4.74 Å². The van der Waals surface area contributed by atoms with E-state index < -0.39 is 6.36 Å². The Labute approximate surface area is 141 Å². The lowest BCUT2D eigenvalue weighted by atomic mass is 9.91. The molecule has 3 rings (SSSR count). The first-order chi connectivity index (χ1) is 11.9. The van der Waals surface area contributed by atoms with Gasteiger partial charge in [-0.2, -0.15) is 0 Å². The van der Waals surface area contributed by atoms with E-state index in [-0.39, 0.29) is 29.1 Å². The molecule has 0 spiro atoms. The monoisotopic (exact) mass is 354 g/mol. The van der Waals surface area contributed by atoms with Gasteiger partial charge in [0.05, 0.1) is 0 Å². The topological polar surface area (TPSA) is 63.4 Å². The van der Waals surface area contributed by atoms with Crippen LogP contribution in [0.5, 0.6) is 11.5 Å². The van der Waals surface area contributed by atoms with Crippen LogP contribution in [0.1, 0.15) is 18.0 Å². The van der Waals surface area contributed by atoms with E-state index in [1.165, 1.54) is 24.3 Å². The molecule has 134 valence electrons. The van der Waals surface area contributed by atoms with Crippen LogP contribution in [0, 0.1) is 0 Å². The Kier molecular flexibility index (Phi) is 4.98. The van der Waals surface area contributed by atoms with E-state index in [2.05, 4.69) is 15.0 Å². The summed E-state index contributed by atoms with van der Waals surface area (Å²) < 4.78 is 46.8. The van der Waals surface area contributed by atoms with Crippen molar-refractivity contribution in [3.8, 4) is 11.5 Å². The Hall–Kier alpha value is -2.48. The molecule has 2 aromatic rings. The number of piperidine rings is 1. The zero-order chi connectivity index (χ0) is 17.9. The number of hydrogen-bond acceptors (Lipinski definition) is 4. The molecule has 25 heavy (non-hydrogen) atoms. The first kappa shape index (κ1) is 17.3. The molecule has 0 aliphatic carbocycles. The minimum Gasteiger partial charge on any atom is -0.488 e. The highest BCUT2D eigenvalue weighted by molar-refractivity contribution is 5.33. The smallest absolute Gasteiger partial charge is 0.488 e. The van der Waals surface area contributed by atoms with E-state index in [9.17, 15) is 18.0 Å². The molecule has 1 fully saturated rings. The van der Waals surface area contributed by atoms with E-state index in [0.717, 1.165) is 18.7 Å². The number of rotatable bonds is 4. The van der Waals surface area contributed by atoms with Gasteiger partial charge in [-0.15, -0.1) is 13.2 Å². The number of hydrogen-bond donors (Lipinski definition) is 2. The van der Waals surface area contributed by atoms with Crippen LogP contribution >= 0.6 is 0 Å². The van der Waals surface area contributed by atoms with E-state index >= 15 is 0 Å². The fourth-order valence-corrected chi connectivity index (χ4v) is 2.91. The lowest BCUT2D eigenvalue weighted by Gasteiger charge is -2.32. The summed E-state index contributed by atoms with van der Waals surface area (Å²) >= 11 is 0. The molecular weight excluding hydrogens is 337 g/mol. The molecule has 0 bridgehead atoms. The molecule has 8 heteroatoms. The van der Waals surface area contributed by atoms with Gasteiger partial charge in [0, 0.05) is 30.3 Å². The Bertz CT molecular complexity index is 776. The zero-order valence-electron chi connectivity index (χ0n) is 13.2. The quantitative estimate of drug-likeness (QED) is 0.886. The summed E-state index contributed by atoms with van der Waals surface area (Å²) in [5.41, 5.74) is 0.553. The largest absolute Gasteiger partial charge is 0.573 e. The molecule has 1 aliphatic heterocycles. The molecule has 0 saturated carbocycles. The second kappa shape index (κ2) is 7.18. The number of aromatic amines is 1. The van der Waals surface area contributed by atoms with Crippen LogP contribution in [0.15, 0.2) is 47.3 Å². The summed E-state index contributed by atoms with van der Waals surface area (Å²) in [4.78, 5) is 14.3. The number of ether oxygens (including phenoxy) is 2. The maximum Gasteiger partial charge on any atom is 0.573 e. The molecule has 2 atom stereocenters. The fourth-order valence-electron chi connectivity index (χ4n) is 2.91. The molecule has 2 unspecified atom stereocenters. The number of aromatic nitrogens is 1. The van der Waals surface area contributed by atoms with Crippen molar-refractivity contribution in [3.05, 3.63) is 58.5 Å².